The minimum Gasteiger partial charge on any atom is -0.445 e. The van der Waals surface area contributed by atoms with E-state index < -0.39 is 35.0 Å². The SMILES string of the molecule is CC(NC(=O)C(NC(=O)OCc1ccccc1)C(C)C)C(=O)Oc1ccc([N+](=O)[O-])cc1. The fraction of sp³-hybridized carbons (Fsp3) is 0.318. The molecule has 0 fully saturated rings. The first-order valence-corrected chi connectivity index (χ1v) is 9.91. The average Bonchev–Trinajstić information content (AvgIpc) is 2.76. The maximum atomic E-state index is 12.6. The molecule has 2 amide bonds. The molecule has 0 spiro atoms. The lowest BCUT2D eigenvalue weighted by Gasteiger charge is -2.23. The Kier molecular flexibility index (Phi) is 8.70. The largest absolute Gasteiger partial charge is 0.445 e. The quantitative estimate of drug-likeness (QED) is 0.263. The van der Waals surface area contributed by atoms with Crippen LogP contribution in [-0.2, 0) is 20.9 Å². The monoisotopic (exact) mass is 443 g/mol. The molecule has 0 aliphatic carbocycles. The molecule has 0 aliphatic rings. The van der Waals surface area contributed by atoms with Gasteiger partial charge in [-0.25, -0.2) is 9.59 Å². The molecule has 0 bridgehead atoms. The molecule has 2 unspecified atom stereocenters. The minimum absolute atomic E-state index is 0.0527. The lowest BCUT2D eigenvalue weighted by atomic mass is 10.0. The highest BCUT2D eigenvalue weighted by Gasteiger charge is 2.28. The molecule has 0 aromatic heterocycles. The van der Waals surface area contributed by atoms with Gasteiger partial charge in [-0.05, 0) is 30.5 Å². The molecule has 10 heteroatoms. The molecule has 0 saturated heterocycles. The number of carbonyl (C=O) groups is 3. The van der Waals surface area contributed by atoms with Crippen molar-refractivity contribution >= 4 is 23.7 Å². The van der Waals surface area contributed by atoms with Crippen molar-refractivity contribution < 1.29 is 28.8 Å². The standard InChI is InChI=1S/C22H25N3O7/c1-14(2)19(24-22(28)31-13-16-7-5-4-6-8-16)20(26)23-15(3)21(27)32-18-11-9-17(10-12-18)25(29)30/h4-12,14-15,19H,13H2,1-3H3,(H,23,26)(H,24,28). The summed E-state index contributed by atoms with van der Waals surface area (Å²) in [5, 5.41) is 15.7. The van der Waals surface area contributed by atoms with Gasteiger partial charge in [0.2, 0.25) is 5.91 Å². The molecule has 2 aromatic carbocycles. The number of hydrogen-bond donors (Lipinski definition) is 2. The van der Waals surface area contributed by atoms with E-state index in [1.54, 1.807) is 26.0 Å². The summed E-state index contributed by atoms with van der Waals surface area (Å²) in [6.07, 6.45) is -0.760. The zero-order chi connectivity index (χ0) is 23.7. The third kappa shape index (κ3) is 7.38. The number of nitro groups is 1. The molecule has 2 rings (SSSR count). The van der Waals surface area contributed by atoms with Gasteiger partial charge in [-0.2, -0.15) is 0 Å². The number of nitro benzene ring substituents is 1. The van der Waals surface area contributed by atoms with E-state index in [1.807, 2.05) is 18.2 Å². The second-order valence-electron chi connectivity index (χ2n) is 7.33. The van der Waals surface area contributed by atoms with Crippen LogP contribution in [0.15, 0.2) is 54.6 Å². The number of amides is 2. The maximum Gasteiger partial charge on any atom is 0.408 e. The zero-order valence-electron chi connectivity index (χ0n) is 17.9. The molecule has 2 N–H and O–H groups in total. The highest BCUT2D eigenvalue weighted by Crippen LogP contribution is 2.17. The summed E-state index contributed by atoms with van der Waals surface area (Å²) in [5.41, 5.74) is 0.659. The van der Waals surface area contributed by atoms with Crippen LogP contribution < -0.4 is 15.4 Å². The van der Waals surface area contributed by atoms with Crippen molar-refractivity contribution in [2.24, 2.45) is 5.92 Å². The van der Waals surface area contributed by atoms with Crippen LogP contribution in [0.5, 0.6) is 5.75 Å². The Balaban J connectivity index is 1.89. The molecule has 170 valence electrons. The molecule has 0 heterocycles. The van der Waals surface area contributed by atoms with E-state index >= 15 is 0 Å². The van der Waals surface area contributed by atoms with Gasteiger partial charge < -0.3 is 20.1 Å². The molecule has 10 nitrogen and oxygen atoms in total. The van der Waals surface area contributed by atoms with Gasteiger partial charge in [-0.3, -0.25) is 14.9 Å². The Hall–Kier alpha value is -3.95. The maximum absolute atomic E-state index is 12.6. The second-order valence-corrected chi connectivity index (χ2v) is 7.33. The summed E-state index contributed by atoms with van der Waals surface area (Å²) in [7, 11) is 0. The van der Waals surface area contributed by atoms with Gasteiger partial charge in [-0.1, -0.05) is 44.2 Å². The van der Waals surface area contributed by atoms with E-state index in [9.17, 15) is 24.5 Å². The molecule has 2 aromatic rings. The number of esters is 1. The van der Waals surface area contributed by atoms with Crippen molar-refractivity contribution in [1.29, 1.82) is 0 Å². The van der Waals surface area contributed by atoms with Crippen LogP contribution in [-0.4, -0.2) is 35.0 Å². The van der Waals surface area contributed by atoms with Crippen LogP contribution in [0.1, 0.15) is 26.3 Å². The van der Waals surface area contributed by atoms with Crippen molar-refractivity contribution in [2.45, 2.75) is 39.5 Å². The van der Waals surface area contributed by atoms with Crippen LogP contribution in [0.3, 0.4) is 0 Å². The normalized spacial score (nSPS) is 12.4. The molecule has 0 saturated carbocycles. The van der Waals surface area contributed by atoms with Crippen LogP contribution in [0.2, 0.25) is 0 Å². The van der Waals surface area contributed by atoms with Gasteiger partial charge in [0.25, 0.3) is 5.69 Å². The first kappa shape index (κ1) is 24.3. The first-order valence-electron chi connectivity index (χ1n) is 9.91. The van der Waals surface area contributed by atoms with E-state index in [4.69, 9.17) is 9.47 Å². The van der Waals surface area contributed by atoms with Crippen LogP contribution in [0.4, 0.5) is 10.5 Å². The van der Waals surface area contributed by atoms with Crippen molar-refractivity contribution in [1.82, 2.24) is 10.6 Å². The number of ether oxygens (including phenoxy) is 2. The number of nitrogens with zero attached hydrogens (tertiary/aromatic N) is 1. The number of nitrogens with one attached hydrogen (secondary N) is 2. The summed E-state index contributed by atoms with van der Waals surface area (Å²) in [4.78, 5) is 47.1. The Bertz CT molecular complexity index is 946. The number of alkyl carbamates (subject to hydrolysis) is 1. The summed E-state index contributed by atoms with van der Waals surface area (Å²) in [6.45, 7) is 4.96. The van der Waals surface area contributed by atoms with Gasteiger partial charge in [0.05, 0.1) is 4.92 Å². The second kappa shape index (κ2) is 11.4. The Labute approximate surface area is 185 Å². The highest BCUT2D eigenvalue weighted by molar-refractivity contribution is 5.90. The van der Waals surface area contributed by atoms with Gasteiger partial charge >= 0.3 is 12.1 Å². The summed E-state index contributed by atoms with van der Waals surface area (Å²) < 4.78 is 10.3. The third-order valence-corrected chi connectivity index (χ3v) is 4.41. The number of rotatable bonds is 9. The van der Waals surface area contributed by atoms with Gasteiger partial charge in [-0.15, -0.1) is 0 Å². The Morgan fingerprint density at radius 3 is 2.16 bits per heavy atom. The molecule has 2 atom stereocenters. The van der Waals surface area contributed by atoms with E-state index in [0.717, 1.165) is 5.56 Å². The highest BCUT2D eigenvalue weighted by atomic mass is 16.6. The summed E-state index contributed by atoms with van der Waals surface area (Å²) in [5.74, 6) is -1.52. The Morgan fingerprint density at radius 1 is 0.969 bits per heavy atom. The number of non-ortho nitro benzene ring substituents is 1. The topological polar surface area (TPSA) is 137 Å². The van der Waals surface area contributed by atoms with Crippen molar-refractivity contribution in [3.8, 4) is 5.75 Å². The number of hydrogen-bond acceptors (Lipinski definition) is 7. The van der Waals surface area contributed by atoms with Crippen molar-refractivity contribution in [3.05, 3.63) is 70.3 Å². The zero-order valence-corrected chi connectivity index (χ0v) is 17.9. The number of carbonyl (C=O) groups excluding carboxylic acids is 3. The van der Waals surface area contributed by atoms with Crippen molar-refractivity contribution in [2.75, 3.05) is 0 Å². The molecule has 0 aliphatic heterocycles. The van der Waals surface area contributed by atoms with E-state index in [2.05, 4.69) is 10.6 Å². The first-order chi connectivity index (χ1) is 15.2. The summed E-state index contributed by atoms with van der Waals surface area (Å²) in [6, 6.07) is 12.1. The average molecular weight is 443 g/mol. The van der Waals surface area contributed by atoms with Gasteiger partial charge in [0.15, 0.2) is 0 Å². The van der Waals surface area contributed by atoms with Gasteiger partial charge in [0, 0.05) is 12.1 Å². The smallest absolute Gasteiger partial charge is 0.408 e. The fourth-order valence-electron chi connectivity index (χ4n) is 2.63. The fourth-order valence-corrected chi connectivity index (χ4v) is 2.63. The summed E-state index contributed by atoms with van der Waals surface area (Å²) >= 11 is 0. The molecular formula is C22H25N3O7. The van der Waals surface area contributed by atoms with Crippen LogP contribution in [0, 0.1) is 16.0 Å². The van der Waals surface area contributed by atoms with E-state index in [-0.39, 0.29) is 24.0 Å². The Morgan fingerprint density at radius 2 is 1.59 bits per heavy atom. The van der Waals surface area contributed by atoms with Crippen molar-refractivity contribution in [3.63, 3.8) is 0 Å². The van der Waals surface area contributed by atoms with Crippen LogP contribution >= 0.6 is 0 Å². The van der Waals surface area contributed by atoms with Gasteiger partial charge in [0.1, 0.15) is 24.4 Å². The number of benzene rings is 2. The van der Waals surface area contributed by atoms with Crippen LogP contribution in [0.25, 0.3) is 0 Å². The lowest BCUT2D eigenvalue weighted by molar-refractivity contribution is -0.384. The molecule has 0 radical (unpaired) electrons. The lowest BCUT2D eigenvalue weighted by Crippen LogP contribution is -2.53. The minimum atomic E-state index is -1.03. The molecule has 32 heavy (non-hydrogen) atoms. The predicted molar refractivity (Wildman–Crippen MR) is 115 cm³/mol. The third-order valence-electron chi connectivity index (χ3n) is 4.41. The van der Waals surface area contributed by atoms with E-state index in [1.165, 1.54) is 31.2 Å². The molecular weight excluding hydrogens is 418 g/mol. The predicted octanol–water partition coefficient (Wildman–Crippen LogP) is 2.96. The van der Waals surface area contributed by atoms with E-state index in [0.29, 0.717) is 0 Å².